The summed E-state index contributed by atoms with van der Waals surface area (Å²) in [4.78, 5) is 15.1. The second-order valence-corrected chi connectivity index (χ2v) is 8.33. The van der Waals surface area contributed by atoms with Crippen molar-refractivity contribution in [3.63, 3.8) is 0 Å². The molecule has 1 N–H and O–H groups in total. The molecular weight excluding hydrogens is 298 g/mol. The van der Waals surface area contributed by atoms with Gasteiger partial charge in [0.1, 0.15) is 0 Å². The molecule has 1 aromatic rings. The van der Waals surface area contributed by atoms with Crippen LogP contribution in [0.4, 0.5) is 5.69 Å². The Morgan fingerprint density at radius 3 is 2.33 bits per heavy atom. The van der Waals surface area contributed by atoms with Crippen molar-refractivity contribution in [2.24, 2.45) is 5.41 Å². The molecule has 2 aliphatic carbocycles. The molecule has 24 heavy (non-hydrogen) atoms. The zero-order chi connectivity index (χ0) is 16.8. The van der Waals surface area contributed by atoms with Crippen molar-refractivity contribution in [2.45, 2.75) is 76.2 Å². The second-order valence-electron chi connectivity index (χ2n) is 8.33. The van der Waals surface area contributed by atoms with Gasteiger partial charge >= 0.3 is 0 Å². The van der Waals surface area contributed by atoms with E-state index in [1.807, 2.05) is 4.90 Å². The fourth-order valence-electron chi connectivity index (χ4n) is 4.78. The number of benzene rings is 1. The van der Waals surface area contributed by atoms with Crippen molar-refractivity contribution in [1.82, 2.24) is 0 Å². The first-order valence-corrected chi connectivity index (χ1v) is 9.70. The van der Waals surface area contributed by atoms with E-state index >= 15 is 0 Å². The average Bonchev–Trinajstić information content (AvgIpc) is 3.38. The summed E-state index contributed by atoms with van der Waals surface area (Å²) in [5.41, 5.74) is 1.73. The van der Waals surface area contributed by atoms with E-state index in [0.717, 1.165) is 63.1 Å². The van der Waals surface area contributed by atoms with Gasteiger partial charge in [0.05, 0.1) is 11.0 Å². The number of aliphatic hydroxyl groups is 1. The van der Waals surface area contributed by atoms with Gasteiger partial charge in [-0.2, -0.15) is 0 Å². The zero-order valence-corrected chi connectivity index (χ0v) is 14.8. The Kier molecular flexibility index (Phi) is 3.95. The van der Waals surface area contributed by atoms with Gasteiger partial charge in [0.25, 0.3) is 0 Å². The Balaban J connectivity index is 1.46. The molecule has 3 heteroatoms. The van der Waals surface area contributed by atoms with Gasteiger partial charge in [-0.1, -0.05) is 25.5 Å². The topological polar surface area (TPSA) is 40.5 Å². The molecule has 3 nitrogen and oxygen atoms in total. The minimum absolute atomic E-state index is 0.213. The second kappa shape index (κ2) is 5.87. The van der Waals surface area contributed by atoms with E-state index in [4.69, 9.17) is 0 Å². The number of carbonyl (C=O) groups is 1. The lowest BCUT2D eigenvalue weighted by atomic mass is 9.67. The lowest BCUT2D eigenvalue weighted by Crippen LogP contribution is -2.43. The molecule has 1 spiro atoms. The van der Waals surface area contributed by atoms with Gasteiger partial charge in [-0.05, 0) is 75.0 Å². The van der Waals surface area contributed by atoms with Crippen molar-refractivity contribution >= 4 is 11.6 Å². The van der Waals surface area contributed by atoms with Crippen LogP contribution in [0.15, 0.2) is 24.3 Å². The van der Waals surface area contributed by atoms with Gasteiger partial charge in [0, 0.05) is 12.2 Å². The number of hydrogen-bond acceptors (Lipinski definition) is 2. The summed E-state index contributed by atoms with van der Waals surface area (Å²) >= 11 is 0. The average molecular weight is 327 g/mol. The Hall–Kier alpha value is -1.35. The third-order valence-electron chi connectivity index (χ3n) is 6.62. The lowest BCUT2D eigenvalue weighted by molar-refractivity contribution is -0.130. The molecule has 3 fully saturated rings. The highest BCUT2D eigenvalue weighted by Gasteiger charge is 2.51. The minimum atomic E-state index is -0.528. The molecule has 1 aliphatic heterocycles. The summed E-state index contributed by atoms with van der Waals surface area (Å²) in [5, 5.41) is 10.6. The third kappa shape index (κ3) is 2.77. The quantitative estimate of drug-likeness (QED) is 0.891. The van der Waals surface area contributed by atoms with Crippen molar-refractivity contribution < 1.29 is 9.90 Å². The first-order chi connectivity index (χ1) is 11.6. The third-order valence-corrected chi connectivity index (χ3v) is 6.62. The largest absolute Gasteiger partial charge is 0.390 e. The predicted molar refractivity (Wildman–Crippen MR) is 96.1 cm³/mol. The molecule has 0 aromatic heterocycles. The van der Waals surface area contributed by atoms with E-state index in [9.17, 15) is 9.90 Å². The summed E-state index contributed by atoms with van der Waals surface area (Å²) in [6, 6.07) is 8.65. The van der Waals surface area contributed by atoms with Gasteiger partial charge in [0.15, 0.2) is 0 Å². The highest BCUT2D eigenvalue weighted by molar-refractivity contribution is 6.00. The lowest BCUT2D eigenvalue weighted by Gasteiger charge is -2.41. The monoisotopic (exact) mass is 327 g/mol. The first-order valence-electron chi connectivity index (χ1n) is 9.70. The normalized spacial score (nSPS) is 33.4. The minimum Gasteiger partial charge on any atom is -0.390 e. The fourth-order valence-corrected chi connectivity index (χ4v) is 4.78. The Morgan fingerprint density at radius 2 is 1.75 bits per heavy atom. The molecule has 1 aromatic carbocycles. The van der Waals surface area contributed by atoms with Crippen LogP contribution in [0.1, 0.15) is 76.2 Å². The van der Waals surface area contributed by atoms with Gasteiger partial charge in [-0.15, -0.1) is 0 Å². The molecule has 1 saturated heterocycles. The number of anilines is 1. The smallest absolute Gasteiger partial charge is 0.233 e. The maximum absolute atomic E-state index is 13.1. The predicted octanol–water partition coefficient (Wildman–Crippen LogP) is 4.39. The van der Waals surface area contributed by atoms with Crippen molar-refractivity contribution in [2.75, 3.05) is 11.4 Å². The van der Waals surface area contributed by atoms with Gasteiger partial charge in [-0.3, -0.25) is 4.79 Å². The van der Waals surface area contributed by atoms with Crippen LogP contribution in [0.25, 0.3) is 0 Å². The van der Waals surface area contributed by atoms with E-state index < -0.39 is 5.60 Å². The van der Waals surface area contributed by atoms with Crippen LogP contribution in [0.3, 0.4) is 0 Å². The van der Waals surface area contributed by atoms with Crippen LogP contribution in [0.5, 0.6) is 0 Å². The molecule has 2 saturated carbocycles. The van der Waals surface area contributed by atoms with E-state index in [1.54, 1.807) is 0 Å². The van der Waals surface area contributed by atoms with E-state index in [-0.39, 0.29) is 5.41 Å². The highest BCUT2D eigenvalue weighted by atomic mass is 16.3. The van der Waals surface area contributed by atoms with Crippen LogP contribution in [-0.4, -0.2) is 23.2 Å². The van der Waals surface area contributed by atoms with Gasteiger partial charge < -0.3 is 10.0 Å². The molecule has 0 atom stereocenters. The molecule has 0 unspecified atom stereocenters. The highest BCUT2D eigenvalue weighted by Crippen LogP contribution is 2.49. The van der Waals surface area contributed by atoms with Crippen molar-refractivity contribution in [3.05, 3.63) is 29.8 Å². The first kappa shape index (κ1) is 16.1. The molecule has 1 heterocycles. The molecule has 1 amide bonds. The number of nitrogens with zero attached hydrogens (tertiary/aromatic N) is 1. The number of carbonyl (C=O) groups excluding carboxylic acids is 1. The summed E-state index contributed by atoms with van der Waals surface area (Å²) < 4.78 is 0. The molecule has 0 radical (unpaired) electrons. The van der Waals surface area contributed by atoms with E-state index in [2.05, 4.69) is 31.2 Å². The van der Waals surface area contributed by atoms with Crippen LogP contribution >= 0.6 is 0 Å². The van der Waals surface area contributed by atoms with Crippen LogP contribution in [0, 0.1) is 5.41 Å². The number of rotatable bonds is 4. The van der Waals surface area contributed by atoms with Crippen molar-refractivity contribution in [1.29, 1.82) is 0 Å². The Labute approximate surface area is 145 Å². The Morgan fingerprint density at radius 1 is 1.08 bits per heavy atom. The number of hydrogen-bond donors (Lipinski definition) is 1. The summed E-state index contributed by atoms with van der Waals surface area (Å²) in [6.07, 6.45) is 8.69. The van der Waals surface area contributed by atoms with Crippen LogP contribution in [0.2, 0.25) is 0 Å². The molecular formula is C21H29NO2. The van der Waals surface area contributed by atoms with Gasteiger partial charge in [-0.25, -0.2) is 0 Å². The van der Waals surface area contributed by atoms with E-state index in [0.29, 0.717) is 5.91 Å². The fraction of sp³-hybridized carbons (Fsp3) is 0.667. The van der Waals surface area contributed by atoms with Crippen LogP contribution in [-0.2, 0) is 4.79 Å². The standard InChI is InChI=1S/C21H29NO2/c1-2-9-21(24)12-10-20(11-13-21)14-15-22(19(20)23)18-7-5-17(6-8-18)16-3-4-16/h5-8,16,24H,2-4,9-15H2,1H3. The van der Waals surface area contributed by atoms with Crippen molar-refractivity contribution in [3.8, 4) is 0 Å². The Bertz CT molecular complexity index is 609. The summed E-state index contributed by atoms with van der Waals surface area (Å²) in [5.74, 6) is 1.05. The SMILES string of the molecule is CCCC1(O)CCC2(CCN(c3ccc(C4CC4)cc3)C2=O)CC1. The number of amides is 1. The zero-order valence-electron chi connectivity index (χ0n) is 14.8. The van der Waals surface area contributed by atoms with Crippen LogP contribution < -0.4 is 4.90 Å². The maximum Gasteiger partial charge on any atom is 0.233 e. The summed E-state index contributed by atoms with van der Waals surface area (Å²) in [7, 11) is 0. The van der Waals surface area contributed by atoms with Gasteiger partial charge in [0.2, 0.25) is 5.91 Å². The molecule has 3 aliphatic rings. The molecule has 4 rings (SSSR count). The molecule has 130 valence electrons. The van der Waals surface area contributed by atoms with E-state index in [1.165, 1.54) is 18.4 Å². The maximum atomic E-state index is 13.1. The summed E-state index contributed by atoms with van der Waals surface area (Å²) in [6.45, 7) is 2.95. The molecule has 0 bridgehead atoms.